The lowest BCUT2D eigenvalue weighted by atomic mass is 10.1. The molecule has 0 aliphatic rings. The number of hydrogen-bond acceptors (Lipinski definition) is 4. The van der Waals surface area contributed by atoms with Crippen LogP contribution >= 0.6 is 0 Å². The number of aromatic carboxylic acids is 1. The lowest BCUT2D eigenvalue weighted by Gasteiger charge is -2.08. The van der Waals surface area contributed by atoms with Crippen molar-refractivity contribution >= 4 is 11.6 Å². The molecule has 0 fully saturated rings. The van der Waals surface area contributed by atoms with Gasteiger partial charge >= 0.3 is 5.97 Å². The Hall–Kier alpha value is -1.95. The highest BCUT2D eigenvalue weighted by Gasteiger charge is 2.16. The smallest absolute Gasteiger partial charge is 0.341 e. The fourth-order valence-corrected chi connectivity index (χ4v) is 1.76. The fourth-order valence-electron chi connectivity index (χ4n) is 1.76. The molecule has 2 aromatic rings. The van der Waals surface area contributed by atoms with Gasteiger partial charge in [0.05, 0.1) is 6.20 Å². The van der Waals surface area contributed by atoms with Gasteiger partial charge in [0, 0.05) is 23.5 Å². The predicted octanol–water partition coefficient (Wildman–Crippen LogP) is 0.503. The van der Waals surface area contributed by atoms with Crippen LogP contribution in [-0.2, 0) is 6.54 Å². The molecule has 0 radical (unpaired) electrons. The lowest BCUT2D eigenvalue weighted by molar-refractivity contribution is 0.0699. The van der Waals surface area contributed by atoms with Crippen molar-refractivity contribution < 1.29 is 9.90 Å². The molecule has 6 heteroatoms. The third kappa shape index (κ3) is 1.35. The Labute approximate surface area is 91.7 Å². The first-order valence-corrected chi connectivity index (χ1v) is 4.83. The normalized spacial score (nSPS) is 10.9. The molecule has 2 heterocycles. The minimum atomic E-state index is -1.03. The first kappa shape index (κ1) is 10.6. The van der Waals surface area contributed by atoms with E-state index in [9.17, 15) is 4.79 Å². The summed E-state index contributed by atoms with van der Waals surface area (Å²) in [5.74, 6) is -1.03. The highest BCUT2D eigenvalue weighted by Crippen LogP contribution is 2.16. The summed E-state index contributed by atoms with van der Waals surface area (Å²) >= 11 is 0. The van der Waals surface area contributed by atoms with Crippen LogP contribution in [0.2, 0.25) is 0 Å². The second-order valence-corrected chi connectivity index (χ2v) is 3.56. The number of carbonyl (C=O) groups is 1. The van der Waals surface area contributed by atoms with Crippen molar-refractivity contribution in [2.45, 2.75) is 20.4 Å². The second-order valence-electron chi connectivity index (χ2n) is 3.56. The molecule has 16 heavy (non-hydrogen) atoms. The Balaban J connectivity index is 2.84. The SMILES string of the molecule is Cc1nc2c(C(=O)O)cnn2c(C)c1CN. The number of nitrogens with zero attached hydrogens (tertiary/aromatic N) is 3. The number of aromatic nitrogens is 3. The van der Waals surface area contributed by atoms with Crippen molar-refractivity contribution in [1.82, 2.24) is 14.6 Å². The monoisotopic (exact) mass is 220 g/mol. The quantitative estimate of drug-likeness (QED) is 0.768. The van der Waals surface area contributed by atoms with E-state index in [1.807, 2.05) is 13.8 Å². The Morgan fingerprint density at radius 3 is 2.81 bits per heavy atom. The third-order valence-corrected chi connectivity index (χ3v) is 2.64. The van der Waals surface area contributed by atoms with Crippen LogP contribution in [0.15, 0.2) is 6.20 Å². The van der Waals surface area contributed by atoms with Gasteiger partial charge in [0.25, 0.3) is 0 Å². The second kappa shape index (κ2) is 3.57. The van der Waals surface area contributed by atoms with Crippen molar-refractivity contribution in [3.63, 3.8) is 0 Å². The number of carboxylic acids is 1. The maximum atomic E-state index is 10.9. The van der Waals surface area contributed by atoms with Gasteiger partial charge in [0.2, 0.25) is 0 Å². The molecule has 2 rings (SSSR count). The molecule has 0 aliphatic heterocycles. The molecule has 0 bridgehead atoms. The summed E-state index contributed by atoms with van der Waals surface area (Å²) < 4.78 is 1.51. The highest BCUT2D eigenvalue weighted by atomic mass is 16.4. The number of nitrogens with two attached hydrogens (primary N) is 1. The maximum Gasteiger partial charge on any atom is 0.341 e. The molecular formula is C10H12N4O2. The molecule has 3 N–H and O–H groups in total. The zero-order valence-corrected chi connectivity index (χ0v) is 9.06. The summed E-state index contributed by atoms with van der Waals surface area (Å²) in [6.07, 6.45) is 1.30. The van der Waals surface area contributed by atoms with E-state index in [0.717, 1.165) is 17.0 Å². The summed E-state index contributed by atoms with van der Waals surface area (Å²) in [6, 6.07) is 0. The van der Waals surface area contributed by atoms with E-state index in [4.69, 9.17) is 10.8 Å². The molecule has 0 aliphatic carbocycles. The average Bonchev–Trinajstić information content (AvgIpc) is 2.62. The third-order valence-electron chi connectivity index (χ3n) is 2.64. The molecule has 0 spiro atoms. The van der Waals surface area contributed by atoms with Gasteiger partial charge in [0.1, 0.15) is 5.56 Å². The van der Waals surface area contributed by atoms with Crippen LogP contribution in [0.1, 0.15) is 27.3 Å². The van der Waals surface area contributed by atoms with Gasteiger partial charge < -0.3 is 10.8 Å². The van der Waals surface area contributed by atoms with E-state index in [-0.39, 0.29) is 5.56 Å². The first-order chi connectivity index (χ1) is 7.56. The summed E-state index contributed by atoms with van der Waals surface area (Å²) in [5.41, 5.74) is 8.55. The Kier molecular flexibility index (Phi) is 2.35. The number of carboxylic acid groups (broad SMARTS) is 1. The maximum absolute atomic E-state index is 10.9. The summed E-state index contributed by atoms with van der Waals surface area (Å²) in [5, 5.41) is 13.0. The molecule has 0 saturated carbocycles. The highest BCUT2D eigenvalue weighted by molar-refractivity contribution is 5.94. The van der Waals surface area contributed by atoms with Crippen molar-refractivity contribution in [3.05, 3.63) is 28.7 Å². The molecule has 0 saturated heterocycles. The van der Waals surface area contributed by atoms with Gasteiger partial charge in [-0.25, -0.2) is 14.3 Å². The van der Waals surface area contributed by atoms with Gasteiger partial charge in [-0.1, -0.05) is 0 Å². The molecule has 0 amide bonds. The van der Waals surface area contributed by atoms with Crippen LogP contribution in [0.3, 0.4) is 0 Å². The Morgan fingerprint density at radius 2 is 2.25 bits per heavy atom. The van der Waals surface area contributed by atoms with Gasteiger partial charge in [-0.2, -0.15) is 5.10 Å². The average molecular weight is 220 g/mol. The Morgan fingerprint density at radius 1 is 1.56 bits per heavy atom. The minimum absolute atomic E-state index is 0.106. The van der Waals surface area contributed by atoms with Gasteiger partial charge in [0.15, 0.2) is 5.65 Å². The molecule has 84 valence electrons. The summed E-state index contributed by atoms with van der Waals surface area (Å²) in [6.45, 7) is 4.03. The fraction of sp³-hybridized carbons (Fsp3) is 0.300. The van der Waals surface area contributed by atoms with Crippen LogP contribution in [0.4, 0.5) is 0 Å². The van der Waals surface area contributed by atoms with Crippen LogP contribution < -0.4 is 5.73 Å². The molecule has 6 nitrogen and oxygen atoms in total. The molecule has 0 aromatic carbocycles. The summed E-state index contributed by atoms with van der Waals surface area (Å²) in [7, 11) is 0. The standard InChI is InChI=1S/C10H12N4O2/c1-5-7(3-11)6(2)14-9(13-5)8(4-12-14)10(15)16/h4H,3,11H2,1-2H3,(H,15,16). The largest absolute Gasteiger partial charge is 0.477 e. The van der Waals surface area contributed by atoms with Crippen LogP contribution in [0.5, 0.6) is 0 Å². The molecule has 0 unspecified atom stereocenters. The number of rotatable bonds is 2. The summed E-state index contributed by atoms with van der Waals surface area (Å²) in [4.78, 5) is 15.2. The lowest BCUT2D eigenvalue weighted by Crippen LogP contribution is -2.10. The van der Waals surface area contributed by atoms with E-state index in [1.165, 1.54) is 10.7 Å². The van der Waals surface area contributed by atoms with E-state index in [1.54, 1.807) is 0 Å². The van der Waals surface area contributed by atoms with Gasteiger partial charge in [-0.05, 0) is 13.8 Å². The molecule has 2 aromatic heterocycles. The van der Waals surface area contributed by atoms with E-state index in [2.05, 4.69) is 10.1 Å². The van der Waals surface area contributed by atoms with Gasteiger partial charge in [-0.15, -0.1) is 0 Å². The van der Waals surface area contributed by atoms with Crippen molar-refractivity contribution in [2.75, 3.05) is 0 Å². The number of fused-ring (bicyclic) bond motifs is 1. The topological polar surface area (TPSA) is 93.5 Å². The minimum Gasteiger partial charge on any atom is -0.477 e. The zero-order chi connectivity index (χ0) is 11.9. The Bertz CT molecular complexity index is 574. The van der Waals surface area contributed by atoms with Crippen LogP contribution in [0.25, 0.3) is 5.65 Å². The van der Waals surface area contributed by atoms with Crippen LogP contribution in [0, 0.1) is 13.8 Å². The van der Waals surface area contributed by atoms with E-state index < -0.39 is 5.97 Å². The zero-order valence-electron chi connectivity index (χ0n) is 9.06. The first-order valence-electron chi connectivity index (χ1n) is 4.83. The van der Waals surface area contributed by atoms with Crippen molar-refractivity contribution in [1.29, 1.82) is 0 Å². The number of aryl methyl sites for hydroxylation is 2. The van der Waals surface area contributed by atoms with E-state index >= 15 is 0 Å². The van der Waals surface area contributed by atoms with E-state index in [0.29, 0.717) is 12.2 Å². The predicted molar refractivity (Wildman–Crippen MR) is 57.3 cm³/mol. The van der Waals surface area contributed by atoms with Crippen molar-refractivity contribution in [2.24, 2.45) is 5.73 Å². The molecule has 0 atom stereocenters. The van der Waals surface area contributed by atoms with Crippen molar-refractivity contribution in [3.8, 4) is 0 Å². The number of hydrogen-bond donors (Lipinski definition) is 2. The molecular weight excluding hydrogens is 208 g/mol. The van der Waals surface area contributed by atoms with Crippen LogP contribution in [-0.4, -0.2) is 25.7 Å². The van der Waals surface area contributed by atoms with Gasteiger partial charge in [-0.3, -0.25) is 0 Å².